The topological polar surface area (TPSA) is 21.3 Å². The second-order valence-electron chi connectivity index (χ2n) is 4.93. The van der Waals surface area contributed by atoms with Crippen molar-refractivity contribution >= 4 is 24.2 Å². The zero-order valence-electron chi connectivity index (χ0n) is 13.0. The van der Waals surface area contributed by atoms with Gasteiger partial charge in [-0.1, -0.05) is 35.9 Å². The van der Waals surface area contributed by atoms with E-state index in [1.165, 1.54) is 10.5 Å². The molecular weight excluding hydrogens is 314 g/mol. The smallest absolute Gasteiger partial charge is 0.119 e. The maximum absolute atomic E-state index is 5.65. The summed E-state index contributed by atoms with van der Waals surface area (Å²) in [5.41, 5.74) is 1.32. The number of aryl methyl sites for hydroxylation is 1. The number of ether oxygens (including phenoxy) is 1. The Hall–Kier alpha value is -1.16. The van der Waals surface area contributed by atoms with Crippen LogP contribution in [0.25, 0.3) is 0 Å². The molecule has 0 aliphatic rings. The Kier molecular flexibility index (Phi) is 9.80. The Morgan fingerprint density at radius 2 is 1.68 bits per heavy atom. The van der Waals surface area contributed by atoms with Gasteiger partial charge in [0, 0.05) is 17.2 Å². The van der Waals surface area contributed by atoms with E-state index in [-0.39, 0.29) is 12.4 Å². The zero-order valence-corrected chi connectivity index (χ0v) is 14.6. The summed E-state index contributed by atoms with van der Waals surface area (Å²) < 4.78 is 5.65. The van der Waals surface area contributed by atoms with Crippen molar-refractivity contribution in [1.82, 2.24) is 5.32 Å². The van der Waals surface area contributed by atoms with Crippen LogP contribution in [0, 0.1) is 6.92 Å². The van der Waals surface area contributed by atoms with Gasteiger partial charge in [-0.15, -0.1) is 24.2 Å². The Labute approximate surface area is 144 Å². The highest BCUT2D eigenvalue weighted by atomic mass is 35.5. The van der Waals surface area contributed by atoms with Crippen LogP contribution < -0.4 is 10.1 Å². The van der Waals surface area contributed by atoms with Gasteiger partial charge in [0.25, 0.3) is 0 Å². The van der Waals surface area contributed by atoms with Crippen molar-refractivity contribution in [3.8, 4) is 5.75 Å². The highest BCUT2D eigenvalue weighted by molar-refractivity contribution is 7.99. The lowest BCUT2D eigenvalue weighted by Crippen LogP contribution is -2.20. The van der Waals surface area contributed by atoms with Crippen LogP contribution in [0.1, 0.15) is 12.0 Å². The predicted molar refractivity (Wildman–Crippen MR) is 98.6 cm³/mol. The minimum absolute atomic E-state index is 0. The fourth-order valence-corrected chi connectivity index (χ4v) is 2.72. The molecule has 2 aromatic rings. The standard InChI is InChI=1S/C18H23NOS.ClH/c1-16-8-10-18(11-9-16)21-15-13-19-12-5-14-20-17-6-3-2-4-7-17;/h2-4,6-11,19H,5,12-15H2,1H3;1H. The third-order valence-corrected chi connectivity index (χ3v) is 4.09. The van der Waals surface area contributed by atoms with Gasteiger partial charge >= 0.3 is 0 Å². The highest BCUT2D eigenvalue weighted by Gasteiger charge is 1.95. The van der Waals surface area contributed by atoms with Crippen LogP contribution in [0.4, 0.5) is 0 Å². The van der Waals surface area contributed by atoms with E-state index < -0.39 is 0 Å². The number of halogens is 1. The molecule has 0 fully saturated rings. The molecule has 4 heteroatoms. The first-order chi connectivity index (χ1) is 10.3. The summed E-state index contributed by atoms with van der Waals surface area (Å²) in [6, 6.07) is 18.7. The van der Waals surface area contributed by atoms with Crippen LogP contribution in [0.15, 0.2) is 59.5 Å². The van der Waals surface area contributed by atoms with E-state index in [0.29, 0.717) is 0 Å². The van der Waals surface area contributed by atoms with Gasteiger partial charge in [-0.3, -0.25) is 0 Å². The van der Waals surface area contributed by atoms with E-state index in [9.17, 15) is 0 Å². The van der Waals surface area contributed by atoms with Gasteiger partial charge in [-0.2, -0.15) is 0 Å². The fourth-order valence-electron chi connectivity index (χ4n) is 1.90. The van der Waals surface area contributed by atoms with Crippen LogP contribution in [0.5, 0.6) is 5.75 Å². The SMILES string of the molecule is Cc1ccc(SCCNCCCOc2ccccc2)cc1.Cl. The van der Waals surface area contributed by atoms with E-state index in [2.05, 4.69) is 36.5 Å². The Balaban J connectivity index is 0.00000242. The molecule has 2 nitrogen and oxygen atoms in total. The van der Waals surface area contributed by atoms with Crippen molar-refractivity contribution in [3.63, 3.8) is 0 Å². The number of hydrogen-bond acceptors (Lipinski definition) is 3. The molecule has 0 amide bonds. The first kappa shape index (κ1) is 18.9. The maximum Gasteiger partial charge on any atom is 0.119 e. The number of para-hydroxylation sites is 1. The van der Waals surface area contributed by atoms with Gasteiger partial charge < -0.3 is 10.1 Å². The summed E-state index contributed by atoms with van der Waals surface area (Å²) in [6.45, 7) is 4.92. The van der Waals surface area contributed by atoms with Crippen LogP contribution in [-0.2, 0) is 0 Å². The van der Waals surface area contributed by atoms with E-state index in [1.807, 2.05) is 42.1 Å². The summed E-state index contributed by atoms with van der Waals surface area (Å²) in [6.07, 6.45) is 1.03. The summed E-state index contributed by atoms with van der Waals surface area (Å²) >= 11 is 1.90. The van der Waals surface area contributed by atoms with Gasteiger partial charge in [-0.05, 0) is 44.2 Å². The molecule has 0 saturated heterocycles. The van der Waals surface area contributed by atoms with Crippen molar-refractivity contribution < 1.29 is 4.74 Å². The van der Waals surface area contributed by atoms with Crippen molar-refractivity contribution in [1.29, 1.82) is 0 Å². The van der Waals surface area contributed by atoms with Gasteiger partial charge in [-0.25, -0.2) is 0 Å². The molecule has 0 bridgehead atoms. The van der Waals surface area contributed by atoms with Gasteiger partial charge in [0.2, 0.25) is 0 Å². The zero-order chi connectivity index (χ0) is 14.8. The number of benzene rings is 2. The van der Waals surface area contributed by atoms with Crippen LogP contribution >= 0.6 is 24.2 Å². The van der Waals surface area contributed by atoms with E-state index in [0.717, 1.165) is 37.6 Å². The molecule has 0 unspecified atom stereocenters. The summed E-state index contributed by atoms with van der Waals surface area (Å²) in [5, 5.41) is 3.45. The molecule has 0 aliphatic heterocycles. The molecule has 0 radical (unpaired) electrons. The van der Waals surface area contributed by atoms with Crippen molar-refractivity contribution in [2.75, 3.05) is 25.4 Å². The van der Waals surface area contributed by atoms with E-state index in [1.54, 1.807) is 0 Å². The lowest BCUT2D eigenvalue weighted by molar-refractivity contribution is 0.309. The quantitative estimate of drug-likeness (QED) is 0.535. The Morgan fingerprint density at radius 3 is 2.41 bits per heavy atom. The molecule has 0 aromatic heterocycles. The summed E-state index contributed by atoms with van der Waals surface area (Å²) in [4.78, 5) is 1.34. The molecule has 0 atom stereocenters. The second kappa shape index (κ2) is 11.4. The average Bonchev–Trinajstić information content (AvgIpc) is 2.53. The van der Waals surface area contributed by atoms with Crippen molar-refractivity contribution in [3.05, 3.63) is 60.2 Å². The second-order valence-corrected chi connectivity index (χ2v) is 6.09. The monoisotopic (exact) mass is 337 g/mol. The Bertz CT molecular complexity index is 504. The largest absolute Gasteiger partial charge is 0.494 e. The summed E-state index contributed by atoms with van der Waals surface area (Å²) in [5.74, 6) is 2.05. The van der Waals surface area contributed by atoms with Crippen molar-refractivity contribution in [2.24, 2.45) is 0 Å². The van der Waals surface area contributed by atoms with Crippen LogP contribution in [-0.4, -0.2) is 25.4 Å². The van der Waals surface area contributed by atoms with Crippen LogP contribution in [0.2, 0.25) is 0 Å². The van der Waals surface area contributed by atoms with E-state index in [4.69, 9.17) is 4.74 Å². The number of nitrogens with one attached hydrogen (secondary N) is 1. The molecule has 1 N–H and O–H groups in total. The third kappa shape index (κ3) is 7.74. The Morgan fingerprint density at radius 1 is 0.955 bits per heavy atom. The van der Waals surface area contributed by atoms with E-state index >= 15 is 0 Å². The average molecular weight is 338 g/mol. The van der Waals surface area contributed by atoms with Gasteiger partial charge in [0.15, 0.2) is 0 Å². The number of thioether (sulfide) groups is 1. The minimum Gasteiger partial charge on any atom is -0.494 e. The first-order valence-electron chi connectivity index (χ1n) is 7.42. The molecule has 2 aromatic carbocycles. The number of hydrogen-bond donors (Lipinski definition) is 1. The molecular formula is C18H24ClNOS. The van der Waals surface area contributed by atoms with Gasteiger partial charge in [0.05, 0.1) is 6.61 Å². The minimum atomic E-state index is 0. The molecule has 0 spiro atoms. The van der Waals surface area contributed by atoms with Crippen LogP contribution in [0.3, 0.4) is 0 Å². The molecule has 0 heterocycles. The predicted octanol–water partition coefficient (Wildman–Crippen LogP) is 4.57. The molecule has 0 saturated carbocycles. The fraction of sp³-hybridized carbons (Fsp3) is 0.333. The third-order valence-electron chi connectivity index (χ3n) is 3.08. The molecule has 22 heavy (non-hydrogen) atoms. The lowest BCUT2D eigenvalue weighted by atomic mass is 10.2. The number of rotatable bonds is 9. The first-order valence-corrected chi connectivity index (χ1v) is 8.41. The maximum atomic E-state index is 5.65. The molecule has 0 aliphatic carbocycles. The molecule has 120 valence electrons. The van der Waals surface area contributed by atoms with Gasteiger partial charge in [0.1, 0.15) is 5.75 Å². The normalized spacial score (nSPS) is 10.0. The lowest BCUT2D eigenvalue weighted by Gasteiger charge is -2.07. The van der Waals surface area contributed by atoms with Crippen molar-refractivity contribution in [2.45, 2.75) is 18.2 Å². The molecule has 2 rings (SSSR count). The highest BCUT2D eigenvalue weighted by Crippen LogP contribution is 2.17. The summed E-state index contributed by atoms with van der Waals surface area (Å²) in [7, 11) is 0.